The summed E-state index contributed by atoms with van der Waals surface area (Å²) in [6, 6.07) is 0.0938. The topological polar surface area (TPSA) is 54.0 Å². The fourth-order valence-corrected chi connectivity index (χ4v) is 3.78. The predicted octanol–water partition coefficient (Wildman–Crippen LogP) is 0.673. The molecule has 0 radical (unpaired) electrons. The van der Waals surface area contributed by atoms with Crippen LogP contribution in [0, 0.1) is 5.41 Å². The van der Waals surface area contributed by atoms with Crippen molar-refractivity contribution < 1.29 is 14.3 Å². The summed E-state index contributed by atoms with van der Waals surface area (Å²) < 4.78 is 11.1. The van der Waals surface area contributed by atoms with E-state index in [1.807, 2.05) is 4.90 Å². The lowest BCUT2D eigenvalue weighted by Gasteiger charge is -2.35. The van der Waals surface area contributed by atoms with Crippen molar-refractivity contribution in [3.8, 4) is 0 Å². The van der Waals surface area contributed by atoms with Crippen LogP contribution in [0.15, 0.2) is 0 Å². The molecule has 0 aromatic heterocycles. The Morgan fingerprint density at radius 3 is 2.41 bits per heavy atom. The number of carbonyl (C=O) groups is 1. The maximum absolute atomic E-state index is 12.5. The number of rotatable bonds is 3. The number of carbonyl (C=O) groups excluding carboxylic acids is 1. The van der Waals surface area contributed by atoms with E-state index in [1.165, 1.54) is 25.7 Å². The SMILES string of the molecule is O=C(NCC1(N2CCOCC2)CC1)N1CCOCC2(CC2)C1. The summed E-state index contributed by atoms with van der Waals surface area (Å²) in [6.45, 7) is 7.49. The fraction of sp³-hybridized carbons (Fsp3) is 0.938. The van der Waals surface area contributed by atoms with Crippen molar-refractivity contribution in [2.45, 2.75) is 31.2 Å². The summed E-state index contributed by atoms with van der Waals surface area (Å²) in [5.74, 6) is 0. The molecule has 6 heteroatoms. The average Bonchev–Trinajstić information content (AvgIpc) is 3.46. The molecule has 0 aromatic rings. The highest BCUT2D eigenvalue weighted by Gasteiger charge is 2.49. The van der Waals surface area contributed by atoms with Crippen molar-refractivity contribution in [2.75, 3.05) is 59.2 Å². The van der Waals surface area contributed by atoms with Gasteiger partial charge in [-0.25, -0.2) is 4.79 Å². The highest BCUT2D eigenvalue weighted by atomic mass is 16.5. The van der Waals surface area contributed by atoms with E-state index >= 15 is 0 Å². The maximum atomic E-state index is 12.5. The van der Waals surface area contributed by atoms with Gasteiger partial charge in [-0.2, -0.15) is 0 Å². The first kappa shape index (κ1) is 14.7. The van der Waals surface area contributed by atoms with E-state index in [2.05, 4.69) is 10.2 Å². The Labute approximate surface area is 132 Å². The van der Waals surface area contributed by atoms with Crippen molar-refractivity contribution in [3.05, 3.63) is 0 Å². The Balaban J connectivity index is 1.30. The van der Waals surface area contributed by atoms with Gasteiger partial charge in [0.1, 0.15) is 0 Å². The van der Waals surface area contributed by atoms with Crippen LogP contribution in [-0.2, 0) is 9.47 Å². The Kier molecular flexibility index (Phi) is 3.78. The van der Waals surface area contributed by atoms with E-state index in [9.17, 15) is 4.79 Å². The summed E-state index contributed by atoms with van der Waals surface area (Å²) in [6.07, 6.45) is 4.80. The number of amides is 2. The van der Waals surface area contributed by atoms with Gasteiger partial charge in [-0.05, 0) is 25.7 Å². The van der Waals surface area contributed by atoms with E-state index in [1.54, 1.807) is 0 Å². The molecule has 4 fully saturated rings. The molecule has 0 aromatic carbocycles. The van der Waals surface area contributed by atoms with Gasteiger partial charge in [-0.3, -0.25) is 4.90 Å². The minimum atomic E-state index is 0.0938. The summed E-state index contributed by atoms with van der Waals surface area (Å²) in [4.78, 5) is 17.0. The van der Waals surface area contributed by atoms with Gasteiger partial charge < -0.3 is 19.7 Å². The Morgan fingerprint density at radius 2 is 1.73 bits per heavy atom. The molecule has 1 spiro atoms. The quantitative estimate of drug-likeness (QED) is 0.833. The number of urea groups is 1. The minimum Gasteiger partial charge on any atom is -0.379 e. The molecule has 4 rings (SSSR count). The summed E-state index contributed by atoms with van der Waals surface area (Å²) in [5.41, 5.74) is 0.481. The lowest BCUT2D eigenvalue weighted by Crippen LogP contribution is -2.53. The summed E-state index contributed by atoms with van der Waals surface area (Å²) in [7, 11) is 0. The van der Waals surface area contributed by atoms with E-state index in [0.29, 0.717) is 6.61 Å². The second-order valence-electron chi connectivity index (χ2n) is 7.46. The first-order chi connectivity index (χ1) is 10.7. The number of hydrogen-bond acceptors (Lipinski definition) is 4. The Bertz CT molecular complexity index is 428. The number of nitrogens with one attached hydrogen (secondary N) is 1. The molecule has 22 heavy (non-hydrogen) atoms. The number of morpholine rings is 1. The van der Waals surface area contributed by atoms with Gasteiger partial charge in [0.05, 0.1) is 26.4 Å². The van der Waals surface area contributed by atoms with Crippen LogP contribution in [0.3, 0.4) is 0 Å². The summed E-state index contributed by atoms with van der Waals surface area (Å²) >= 11 is 0. The lowest BCUT2D eigenvalue weighted by molar-refractivity contribution is 0.00998. The first-order valence-corrected chi connectivity index (χ1v) is 8.65. The van der Waals surface area contributed by atoms with Crippen LogP contribution in [0.4, 0.5) is 4.79 Å². The van der Waals surface area contributed by atoms with Gasteiger partial charge in [0.25, 0.3) is 0 Å². The molecule has 2 heterocycles. The van der Waals surface area contributed by atoms with E-state index in [4.69, 9.17) is 9.47 Å². The normalized spacial score (nSPS) is 29.9. The molecule has 1 N–H and O–H groups in total. The Hall–Kier alpha value is -0.850. The van der Waals surface area contributed by atoms with Gasteiger partial charge >= 0.3 is 6.03 Å². The van der Waals surface area contributed by atoms with Crippen LogP contribution in [0.5, 0.6) is 0 Å². The highest BCUT2D eigenvalue weighted by molar-refractivity contribution is 5.74. The van der Waals surface area contributed by atoms with Gasteiger partial charge in [0.15, 0.2) is 0 Å². The monoisotopic (exact) mass is 309 g/mol. The van der Waals surface area contributed by atoms with Crippen molar-refractivity contribution in [1.29, 1.82) is 0 Å². The molecule has 4 aliphatic rings. The maximum Gasteiger partial charge on any atom is 0.317 e. The molecule has 2 aliphatic heterocycles. The number of nitrogens with zero attached hydrogens (tertiary/aromatic N) is 2. The molecule has 0 bridgehead atoms. The largest absolute Gasteiger partial charge is 0.379 e. The smallest absolute Gasteiger partial charge is 0.317 e. The van der Waals surface area contributed by atoms with Gasteiger partial charge in [-0.1, -0.05) is 0 Å². The van der Waals surface area contributed by atoms with Crippen molar-refractivity contribution in [1.82, 2.24) is 15.1 Å². The second-order valence-corrected chi connectivity index (χ2v) is 7.46. The average molecular weight is 309 g/mol. The lowest BCUT2D eigenvalue weighted by atomic mass is 10.1. The van der Waals surface area contributed by atoms with Crippen LogP contribution in [0.1, 0.15) is 25.7 Å². The number of ether oxygens (including phenoxy) is 2. The predicted molar refractivity (Wildman–Crippen MR) is 81.8 cm³/mol. The first-order valence-electron chi connectivity index (χ1n) is 8.65. The molecule has 2 amide bonds. The van der Waals surface area contributed by atoms with Crippen LogP contribution < -0.4 is 5.32 Å². The number of hydrogen-bond donors (Lipinski definition) is 1. The van der Waals surface area contributed by atoms with Gasteiger partial charge in [0, 0.05) is 43.7 Å². The van der Waals surface area contributed by atoms with Crippen LogP contribution in [-0.4, -0.2) is 80.5 Å². The zero-order chi connectivity index (χ0) is 15.0. The molecule has 2 saturated carbocycles. The zero-order valence-electron chi connectivity index (χ0n) is 13.3. The van der Waals surface area contributed by atoms with Gasteiger partial charge in [0.2, 0.25) is 0 Å². The van der Waals surface area contributed by atoms with Crippen molar-refractivity contribution in [3.63, 3.8) is 0 Å². The van der Waals surface area contributed by atoms with Crippen LogP contribution in [0.2, 0.25) is 0 Å². The Morgan fingerprint density at radius 1 is 1.00 bits per heavy atom. The minimum absolute atomic E-state index is 0.0938. The standard InChI is InChI=1S/C16H27N3O3/c20-14(18-5-8-22-13-15(12-18)1-2-15)17-11-16(3-4-16)19-6-9-21-10-7-19/h1-13H2,(H,17,20). The van der Waals surface area contributed by atoms with Crippen LogP contribution >= 0.6 is 0 Å². The molecule has 0 unspecified atom stereocenters. The zero-order valence-corrected chi connectivity index (χ0v) is 13.3. The summed E-state index contributed by atoms with van der Waals surface area (Å²) in [5, 5.41) is 3.19. The third-order valence-corrected chi connectivity index (χ3v) is 5.76. The highest BCUT2D eigenvalue weighted by Crippen LogP contribution is 2.47. The van der Waals surface area contributed by atoms with Crippen molar-refractivity contribution >= 4 is 6.03 Å². The van der Waals surface area contributed by atoms with E-state index in [-0.39, 0.29) is 17.0 Å². The fourth-order valence-electron chi connectivity index (χ4n) is 3.78. The molecule has 2 aliphatic carbocycles. The molecule has 6 nitrogen and oxygen atoms in total. The van der Waals surface area contributed by atoms with E-state index < -0.39 is 0 Å². The van der Waals surface area contributed by atoms with E-state index in [0.717, 1.165) is 52.5 Å². The molecule has 2 saturated heterocycles. The van der Waals surface area contributed by atoms with Crippen LogP contribution in [0.25, 0.3) is 0 Å². The third-order valence-electron chi connectivity index (χ3n) is 5.76. The molecular formula is C16H27N3O3. The van der Waals surface area contributed by atoms with Crippen molar-refractivity contribution in [2.24, 2.45) is 5.41 Å². The molecule has 0 atom stereocenters. The third kappa shape index (κ3) is 2.96. The molecular weight excluding hydrogens is 282 g/mol. The second kappa shape index (κ2) is 5.65. The molecule has 124 valence electrons. The van der Waals surface area contributed by atoms with Gasteiger partial charge in [-0.15, -0.1) is 0 Å².